The van der Waals surface area contributed by atoms with Crippen molar-refractivity contribution in [2.24, 2.45) is 23.7 Å². The number of amides is 2. The highest BCUT2D eigenvalue weighted by Gasteiger charge is 2.67. The number of aliphatic hydroxyl groups excluding tert-OH is 2. The van der Waals surface area contributed by atoms with Crippen LogP contribution in [0, 0.1) is 23.7 Å². The minimum Gasteiger partial charge on any atom is -0.390 e. The van der Waals surface area contributed by atoms with Crippen LogP contribution in [0.15, 0.2) is 24.3 Å². The highest BCUT2D eigenvalue weighted by molar-refractivity contribution is 6.30. The van der Waals surface area contributed by atoms with Crippen LogP contribution in [-0.4, -0.2) is 34.2 Å². The number of fused-ring (bicyclic) bond motifs is 5. The van der Waals surface area contributed by atoms with E-state index in [1.165, 1.54) is 4.90 Å². The third-order valence-corrected chi connectivity index (χ3v) is 5.43. The van der Waals surface area contributed by atoms with Gasteiger partial charge in [0.1, 0.15) is 0 Å². The Morgan fingerprint density at radius 1 is 0.952 bits per heavy atom. The SMILES string of the molecule is O=C1[C@H]2[C@@H]3C[C@@H]([C@H](O)[C@H]3O)[C@@H]2C(=O)N1c1ccc(Cl)cc1. The molecule has 1 aromatic rings. The predicted molar refractivity (Wildman–Crippen MR) is 74.5 cm³/mol. The second-order valence-electron chi connectivity index (χ2n) is 6.08. The number of aliphatic hydroxyl groups is 2. The van der Waals surface area contributed by atoms with Gasteiger partial charge >= 0.3 is 0 Å². The summed E-state index contributed by atoms with van der Waals surface area (Å²) in [5.41, 5.74) is 0.493. The lowest BCUT2D eigenvalue weighted by Gasteiger charge is -2.29. The number of benzene rings is 1. The van der Waals surface area contributed by atoms with E-state index in [1.807, 2.05) is 0 Å². The fraction of sp³-hybridized carbons (Fsp3) is 0.467. The Morgan fingerprint density at radius 3 is 1.90 bits per heavy atom. The van der Waals surface area contributed by atoms with E-state index in [9.17, 15) is 19.8 Å². The molecule has 1 heterocycles. The quantitative estimate of drug-likeness (QED) is 0.753. The Hall–Kier alpha value is -1.43. The Kier molecular flexibility index (Phi) is 2.70. The second-order valence-corrected chi connectivity index (χ2v) is 6.52. The van der Waals surface area contributed by atoms with Gasteiger partial charge in [0.25, 0.3) is 0 Å². The van der Waals surface area contributed by atoms with Crippen molar-refractivity contribution in [1.82, 2.24) is 0 Å². The lowest BCUT2D eigenvalue weighted by molar-refractivity contribution is -0.129. The van der Waals surface area contributed by atoms with Crippen molar-refractivity contribution in [1.29, 1.82) is 0 Å². The maximum atomic E-state index is 12.6. The average molecular weight is 308 g/mol. The molecule has 1 aromatic carbocycles. The van der Waals surface area contributed by atoms with E-state index in [2.05, 4.69) is 0 Å². The first kappa shape index (κ1) is 13.2. The molecule has 6 heteroatoms. The minimum absolute atomic E-state index is 0.272. The van der Waals surface area contributed by atoms with Crippen molar-refractivity contribution in [3.05, 3.63) is 29.3 Å². The van der Waals surface area contributed by atoms with E-state index < -0.39 is 24.0 Å². The summed E-state index contributed by atoms with van der Waals surface area (Å²) >= 11 is 5.83. The fourth-order valence-corrected chi connectivity index (χ4v) is 4.40. The Balaban J connectivity index is 1.73. The zero-order valence-electron chi connectivity index (χ0n) is 11.0. The smallest absolute Gasteiger partial charge is 0.238 e. The van der Waals surface area contributed by atoms with Crippen LogP contribution in [0.5, 0.6) is 0 Å². The summed E-state index contributed by atoms with van der Waals surface area (Å²) in [5.74, 6) is -2.18. The van der Waals surface area contributed by atoms with Gasteiger partial charge in [0.05, 0.1) is 29.7 Å². The van der Waals surface area contributed by atoms with Gasteiger partial charge in [0, 0.05) is 16.9 Å². The van der Waals surface area contributed by atoms with Crippen LogP contribution in [-0.2, 0) is 9.59 Å². The molecule has 2 N–H and O–H groups in total. The van der Waals surface area contributed by atoms with Crippen LogP contribution in [0.2, 0.25) is 5.02 Å². The Bertz CT molecular complexity index is 599. The van der Waals surface area contributed by atoms with Gasteiger partial charge in [-0.15, -0.1) is 0 Å². The lowest BCUT2D eigenvalue weighted by atomic mass is 9.78. The van der Waals surface area contributed by atoms with Gasteiger partial charge in [-0.1, -0.05) is 11.6 Å². The Labute approximate surface area is 126 Å². The first-order valence-corrected chi connectivity index (χ1v) is 7.38. The number of carbonyl (C=O) groups excluding carboxylic acids is 2. The fourth-order valence-electron chi connectivity index (χ4n) is 4.28. The van der Waals surface area contributed by atoms with Gasteiger partial charge in [-0.2, -0.15) is 0 Å². The third kappa shape index (κ3) is 1.59. The molecular weight excluding hydrogens is 294 g/mol. The number of imide groups is 1. The molecule has 6 atom stereocenters. The molecular formula is C15H14ClNO4. The lowest BCUT2D eigenvalue weighted by Crippen LogP contribution is -2.43. The molecule has 3 fully saturated rings. The van der Waals surface area contributed by atoms with Crippen LogP contribution >= 0.6 is 11.6 Å². The van der Waals surface area contributed by atoms with Gasteiger partial charge in [-0.25, -0.2) is 0 Å². The zero-order chi connectivity index (χ0) is 14.9. The summed E-state index contributed by atoms with van der Waals surface area (Å²) < 4.78 is 0. The standard InChI is InChI=1S/C15H14ClNO4/c16-6-1-3-7(4-2-6)17-14(20)10-8-5-9(11(10)15(17)21)13(19)12(8)18/h1-4,8-13,18-19H,5H2/t8-,9+,10-,11-,12-,13-/m0/s1. The van der Waals surface area contributed by atoms with E-state index in [0.29, 0.717) is 17.1 Å². The van der Waals surface area contributed by atoms with E-state index in [0.717, 1.165) is 0 Å². The number of anilines is 1. The first-order chi connectivity index (χ1) is 10.0. The molecule has 0 radical (unpaired) electrons. The van der Waals surface area contributed by atoms with Crippen molar-refractivity contribution in [3.8, 4) is 0 Å². The molecule has 1 aliphatic heterocycles. The minimum atomic E-state index is -0.904. The predicted octanol–water partition coefficient (Wildman–Crippen LogP) is 0.817. The average Bonchev–Trinajstić information content (AvgIpc) is 3.06. The molecule has 3 aliphatic rings. The van der Waals surface area contributed by atoms with Crippen molar-refractivity contribution in [2.45, 2.75) is 18.6 Å². The molecule has 0 aromatic heterocycles. The van der Waals surface area contributed by atoms with Crippen LogP contribution in [0.4, 0.5) is 5.69 Å². The summed E-state index contributed by atoms with van der Waals surface area (Å²) in [4.78, 5) is 26.4. The monoisotopic (exact) mass is 307 g/mol. The van der Waals surface area contributed by atoms with Gasteiger partial charge in [0.2, 0.25) is 11.8 Å². The first-order valence-electron chi connectivity index (χ1n) is 7.00. The summed E-state index contributed by atoms with van der Waals surface area (Å²) in [6.07, 6.45) is -1.26. The topological polar surface area (TPSA) is 77.8 Å². The van der Waals surface area contributed by atoms with Crippen molar-refractivity contribution < 1.29 is 19.8 Å². The van der Waals surface area contributed by atoms with Gasteiger partial charge in [-0.3, -0.25) is 14.5 Å². The number of halogens is 1. The molecule has 0 unspecified atom stereocenters. The van der Waals surface area contributed by atoms with Crippen LogP contribution < -0.4 is 4.90 Å². The normalized spacial score (nSPS) is 41.0. The maximum absolute atomic E-state index is 12.6. The van der Waals surface area contributed by atoms with Gasteiger partial charge in [-0.05, 0) is 30.7 Å². The summed E-state index contributed by atoms with van der Waals surface area (Å²) in [7, 11) is 0. The largest absolute Gasteiger partial charge is 0.390 e. The third-order valence-electron chi connectivity index (χ3n) is 5.18. The number of rotatable bonds is 1. The van der Waals surface area contributed by atoms with Crippen molar-refractivity contribution in [3.63, 3.8) is 0 Å². The highest BCUT2D eigenvalue weighted by Crippen LogP contribution is 2.56. The molecule has 110 valence electrons. The maximum Gasteiger partial charge on any atom is 0.238 e. The van der Waals surface area contributed by atoms with Gasteiger partial charge < -0.3 is 10.2 Å². The summed E-state index contributed by atoms with van der Waals surface area (Å²) in [6.45, 7) is 0. The van der Waals surface area contributed by atoms with E-state index in [1.54, 1.807) is 24.3 Å². The molecule has 5 nitrogen and oxygen atoms in total. The molecule has 2 saturated carbocycles. The number of hydrogen-bond donors (Lipinski definition) is 2. The van der Waals surface area contributed by atoms with Crippen molar-refractivity contribution in [2.75, 3.05) is 4.90 Å². The van der Waals surface area contributed by atoms with Crippen LogP contribution in [0.1, 0.15) is 6.42 Å². The molecule has 4 rings (SSSR count). The number of carbonyl (C=O) groups is 2. The van der Waals surface area contributed by atoms with E-state index in [-0.39, 0.29) is 23.7 Å². The molecule has 2 amide bonds. The zero-order valence-corrected chi connectivity index (χ0v) is 11.8. The van der Waals surface area contributed by atoms with Crippen LogP contribution in [0.3, 0.4) is 0 Å². The Morgan fingerprint density at radius 2 is 1.43 bits per heavy atom. The highest BCUT2D eigenvalue weighted by atomic mass is 35.5. The molecule has 0 spiro atoms. The number of nitrogens with zero attached hydrogens (tertiary/aromatic N) is 1. The molecule has 2 aliphatic carbocycles. The van der Waals surface area contributed by atoms with Crippen molar-refractivity contribution >= 4 is 29.1 Å². The molecule has 2 bridgehead atoms. The molecule has 1 saturated heterocycles. The number of hydrogen-bond acceptors (Lipinski definition) is 4. The molecule has 21 heavy (non-hydrogen) atoms. The van der Waals surface area contributed by atoms with E-state index in [4.69, 9.17) is 11.6 Å². The van der Waals surface area contributed by atoms with Crippen LogP contribution in [0.25, 0.3) is 0 Å². The summed E-state index contributed by atoms with van der Waals surface area (Å²) in [5, 5.41) is 20.5. The second kappa shape index (κ2) is 4.29. The van der Waals surface area contributed by atoms with Gasteiger partial charge in [0.15, 0.2) is 0 Å². The summed E-state index contributed by atoms with van der Waals surface area (Å²) in [6, 6.07) is 6.52. The van der Waals surface area contributed by atoms with E-state index >= 15 is 0 Å².